The topological polar surface area (TPSA) is 35.5 Å². The fraction of sp³-hybridized carbons (Fsp3) is 1.00. The van der Waals surface area contributed by atoms with Crippen LogP contribution >= 0.6 is 0 Å². The summed E-state index contributed by atoms with van der Waals surface area (Å²) >= 11 is 0. The van der Waals surface area contributed by atoms with Crippen LogP contribution in [0.3, 0.4) is 0 Å². The predicted octanol–water partition coefficient (Wildman–Crippen LogP) is 1.08. The van der Waals surface area contributed by atoms with Gasteiger partial charge < -0.3 is 15.3 Å². The first-order chi connectivity index (χ1) is 7.21. The van der Waals surface area contributed by atoms with Gasteiger partial charge in [-0.25, -0.2) is 0 Å². The lowest BCUT2D eigenvalue weighted by Gasteiger charge is -2.38. The number of piperidine rings is 1. The van der Waals surface area contributed by atoms with Crippen molar-refractivity contribution in [3.05, 3.63) is 0 Å². The molecule has 0 saturated carbocycles. The SMILES string of the molecule is CC[C@H](CO)NC1CCN(CC)CC1C. The Hall–Kier alpha value is -0.120. The molecule has 1 heterocycles. The minimum absolute atomic E-state index is 0.261. The van der Waals surface area contributed by atoms with E-state index >= 15 is 0 Å². The molecule has 0 aliphatic carbocycles. The molecule has 3 nitrogen and oxygen atoms in total. The van der Waals surface area contributed by atoms with Gasteiger partial charge in [0.1, 0.15) is 0 Å². The number of hydrogen-bond acceptors (Lipinski definition) is 3. The predicted molar refractivity (Wildman–Crippen MR) is 64.0 cm³/mol. The van der Waals surface area contributed by atoms with E-state index in [9.17, 15) is 0 Å². The Balaban J connectivity index is 2.37. The zero-order valence-corrected chi connectivity index (χ0v) is 10.4. The minimum Gasteiger partial charge on any atom is -0.395 e. The summed E-state index contributed by atoms with van der Waals surface area (Å²) in [4.78, 5) is 2.50. The molecule has 1 aliphatic heterocycles. The number of nitrogens with zero attached hydrogens (tertiary/aromatic N) is 1. The molecule has 90 valence electrons. The second-order valence-corrected chi connectivity index (χ2v) is 4.72. The van der Waals surface area contributed by atoms with Crippen molar-refractivity contribution in [2.45, 2.75) is 45.7 Å². The molecule has 15 heavy (non-hydrogen) atoms. The van der Waals surface area contributed by atoms with Crippen LogP contribution in [0.25, 0.3) is 0 Å². The Bertz CT molecular complexity index is 171. The van der Waals surface area contributed by atoms with Crippen LogP contribution in [-0.2, 0) is 0 Å². The van der Waals surface area contributed by atoms with E-state index < -0.39 is 0 Å². The summed E-state index contributed by atoms with van der Waals surface area (Å²) in [6, 6.07) is 0.871. The number of likely N-dealkylation sites (tertiary alicyclic amines) is 1. The van der Waals surface area contributed by atoms with E-state index in [2.05, 4.69) is 31.0 Å². The van der Waals surface area contributed by atoms with Crippen molar-refractivity contribution >= 4 is 0 Å². The van der Waals surface area contributed by atoms with Crippen molar-refractivity contribution in [2.75, 3.05) is 26.2 Å². The van der Waals surface area contributed by atoms with Crippen LogP contribution in [0.2, 0.25) is 0 Å². The molecule has 2 unspecified atom stereocenters. The maximum absolute atomic E-state index is 9.17. The molecule has 1 rings (SSSR count). The number of aliphatic hydroxyl groups excluding tert-OH is 1. The molecule has 0 spiro atoms. The van der Waals surface area contributed by atoms with Crippen molar-refractivity contribution in [2.24, 2.45) is 5.92 Å². The first-order valence-corrected chi connectivity index (χ1v) is 6.30. The molecule has 0 aromatic rings. The molecule has 0 amide bonds. The van der Waals surface area contributed by atoms with Gasteiger partial charge in [-0.1, -0.05) is 20.8 Å². The van der Waals surface area contributed by atoms with Crippen molar-refractivity contribution in [3.8, 4) is 0 Å². The van der Waals surface area contributed by atoms with Crippen LogP contribution in [0.5, 0.6) is 0 Å². The molecule has 0 radical (unpaired) electrons. The molecule has 3 atom stereocenters. The van der Waals surface area contributed by atoms with Gasteiger partial charge in [-0.3, -0.25) is 0 Å². The van der Waals surface area contributed by atoms with Gasteiger partial charge in [-0.05, 0) is 31.8 Å². The summed E-state index contributed by atoms with van der Waals surface area (Å²) in [5.41, 5.74) is 0. The zero-order valence-electron chi connectivity index (χ0n) is 10.4. The Labute approximate surface area is 93.9 Å². The second kappa shape index (κ2) is 6.46. The highest BCUT2D eigenvalue weighted by molar-refractivity contribution is 4.84. The molecule has 0 aromatic heterocycles. The molecule has 1 aliphatic rings. The average molecular weight is 214 g/mol. The maximum atomic E-state index is 9.17. The van der Waals surface area contributed by atoms with E-state index in [-0.39, 0.29) is 12.6 Å². The van der Waals surface area contributed by atoms with Gasteiger partial charge in [-0.2, -0.15) is 0 Å². The van der Waals surface area contributed by atoms with Gasteiger partial charge in [0.25, 0.3) is 0 Å². The Kier molecular flexibility index (Phi) is 5.58. The van der Waals surface area contributed by atoms with Gasteiger partial charge in [0.15, 0.2) is 0 Å². The quantitative estimate of drug-likeness (QED) is 0.719. The lowest BCUT2D eigenvalue weighted by atomic mass is 9.93. The van der Waals surface area contributed by atoms with E-state index in [1.807, 2.05) is 0 Å². The van der Waals surface area contributed by atoms with Crippen molar-refractivity contribution < 1.29 is 5.11 Å². The summed E-state index contributed by atoms with van der Waals surface area (Å²) in [5.74, 6) is 0.694. The Morgan fingerprint density at radius 3 is 2.67 bits per heavy atom. The third kappa shape index (κ3) is 3.74. The molecule has 2 N–H and O–H groups in total. The largest absolute Gasteiger partial charge is 0.395 e. The third-order valence-electron chi connectivity index (χ3n) is 3.60. The van der Waals surface area contributed by atoms with Crippen molar-refractivity contribution in [1.82, 2.24) is 10.2 Å². The van der Waals surface area contributed by atoms with Crippen LogP contribution in [0.4, 0.5) is 0 Å². The second-order valence-electron chi connectivity index (χ2n) is 4.72. The van der Waals surface area contributed by atoms with E-state index in [1.165, 1.54) is 19.5 Å². The van der Waals surface area contributed by atoms with Crippen molar-refractivity contribution in [3.63, 3.8) is 0 Å². The highest BCUT2D eigenvalue weighted by Crippen LogP contribution is 2.17. The number of nitrogens with one attached hydrogen (secondary N) is 1. The zero-order chi connectivity index (χ0) is 11.3. The lowest BCUT2D eigenvalue weighted by Crippen LogP contribution is -2.51. The van der Waals surface area contributed by atoms with E-state index in [0.717, 1.165) is 13.0 Å². The van der Waals surface area contributed by atoms with E-state index in [0.29, 0.717) is 12.0 Å². The number of aliphatic hydroxyl groups is 1. The molecular formula is C12H26N2O. The van der Waals surface area contributed by atoms with E-state index in [1.54, 1.807) is 0 Å². The monoisotopic (exact) mass is 214 g/mol. The van der Waals surface area contributed by atoms with Crippen LogP contribution in [-0.4, -0.2) is 48.3 Å². The molecule has 1 fully saturated rings. The van der Waals surface area contributed by atoms with Crippen molar-refractivity contribution in [1.29, 1.82) is 0 Å². The first-order valence-electron chi connectivity index (χ1n) is 6.30. The molecule has 3 heteroatoms. The average Bonchev–Trinajstić information content (AvgIpc) is 2.27. The van der Waals surface area contributed by atoms with Gasteiger partial charge in [0, 0.05) is 18.6 Å². The first kappa shape index (κ1) is 12.9. The van der Waals surface area contributed by atoms with Crippen LogP contribution < -0.4 is 5.32 Å². The van der Waals surface area contributed by atoms with Gasteiger partial charge in [-0.15, -0.1) is 0 Å². The summed E-state index contributed by atoms with van der Waals surface area (Å²) in [6.07, 6.45) is 2.22. The van der Waals surface area contributed by atoms with Crippen LogP contribution in [0.15, 0.2) is 0 Å². The number of hydrogen-bond donors (Lipinski definition) is 2. The van der Waals surface area contributed by atoms with Crippen LogP contribution in [0, 0.1) is 5.92 Å². The standard InChI is InChI=1S/C12H26N2O/c1-4-11(9-15)13-12-6-7-14(5-2)8-10(12)3/h10-13,15H,4-9H2,1-3H3/t10?,11-,12?/m1/s1. The number of rotatable bonds is 5. The fourth-order valence-electron chi connectivity index (χ4n) is 2.37. The Morgan fingerprint density at radius 1 is 1.47 bits per heavy atom. The smallest absolute Gasteiger partial charge is 0.0584 e. The van der Waals surface area contributed by atoms with Gasteiger partial charge in [0.2, 0.25) is 0 Å². The molecular weight excluding hydrogens is 188 g/mol. The normalized spacial score (nSPS) is 30.4. The fourth-order valence-corrected chi connectivity index (χ4v) is 2.37. The molecule has 1 saturated heterocycles. The highest BCUT2D eigenvalue weighted by atomic mass is 16.3. The van der Waals surface area contributed by atoms with Crippen LogP contribution in [0.1, 0.15) is 33.6 Å². The molecule has 0 aromatic carbocycles. The maximum Gasteiger partial charge on any atom is 0.0584 e. The summed E-state index contributed by atoms with van der Waals surface area (Å²) < 4.78 is 0. The Morgan fingerprint density at radius 2 is 2.20 bits per heavy atom. The summed E-state index contributed by atoms with van der Waals surface area (Å²) in [5, 5.41) is 12.7. The highest BCUT2D eigenvalue weighted by Gasteiger charge is 2.26. The summed E-state index contributed by atoms with van der Waals surface area (Å²) in [7, 11) is 0. The third-order valence-corrected chi connectivity index (χ3v) is 3.60. The molecule has 0 bridgehead atoms. The lowest BCUT2D eigenvalue weighted by molar-refractivity contribution is 0.132. The van der Waals surface area contributed by atoms with Gasteiger partial charge >= 0.3 is 0 Å². The van der Waals surface area contributed by atoms with Gasteiger partial charge in [0.05, 0.1) is 6.61 Å². The summed E-state index contributed by atoms with van der Waals surface area (Å²) in [6.45, 7) is 10.5. The van der Waals surface area contributed by atoms with E-state index in [4.69, 9.17) is 5.11 Å². The minimum atomic E-state index is 0.261.